The van der Waals surface area contributed by atoms with Crippen molar-refractivity contribution in [1.82, 2.24) is 4.98 Å². The quantitative estimate of drug-likeness (QED) is 0.673. The first-order chi connectivity index (χ1) is 5.25. The van der Waals surface area contributed by atoms with Crippen molar-refractivity contribution in [1.29, 1.82) is 0 Å². The van der Waals surface area contributed by atoms with Crippen molar-refractivity contribution in [3.8, 4) is 0 Å². The Bertz CT molecular complexity index is 394. The molecule has 0 radical (unpaired) electrons. The molecular formula is C8H6INS. The fourth-order valence-electron chi connectivity index (χ4n) is 1.02. The zero-order valence-electron chi connectivity index (χ0n) is 5.97. The molecule has 0 unspecified atom stereocenters. The molecule has 11 heavy (non-hydrogen) atoms. The zero-order valence-corrected chi connectivity index (χ0v) is 8.94. The van der Waals surface area contributed by atoms with Crippen molar-refractivity contribution in [3.63, 3.8) is 0 Å². The summed E-state index contributed by atoms with van der Waals surface area (Å²) in [4.78, 5) is 4.39. The summed E-state index contributed by atoms with van der Waals surface area (Å²) in [6.45, 7) is 2.04. The van der Waals surface area contributed by atoms with Gasteiger partial charge in [0.25, 0.3) is 0 Å². The van der Waals surface area contributed by atoms with E-state index in [1.165, 1.54) is 8.27 Å². The SMILES string of the molecule is Cc1nc2cc(I)ccc2s1. The second-order valence-corrected chi connectivity index (χ2v) is 4.83. The van der Waals surface area contributed by atoms with Gasteiger partial charge in [-0.2, -0.15) is 0 Å². The van der Waals surface area contributed by atoms with E-state index in [2.05, 4.69) is 45.8 Å². The van der Waals surface area contributed by atoms with E-state index in [0.29, 0.717) is 0 Å². The Morgan fingerprint density at radius 3 is 3.09 bits per heavy atom. The van der Waals surface area contributed by atoms with Crippen LogP contribution in [0.4, 0.5) is 0 Å². The molecule has 0 N–H and O–H groups in total. The van der Waals surface area contributed by atoms with Gasteiger partial charge in [-0.25, -0.2) is 4.98 Å². The molecule has 1 aromatic heterocycles. The number of halogens is 1. The Morgan fingerprint density at radius 2 is 2.27 bits per heavy atom. The molecule has 2 rings (SSSR count). The van der Waals surface area contributed by atoms with Crippen LogP contribution in [0.2, 0.25) is 0 Å². The van der Waals surface area contributed by atoms with Crippen LogP contribution in [0, 0.1) is 10.5 Å². The van der Waals surface area contributed by atoms with Crippen LogP contribution in [0.15, 0.2) is 18.2 Å². The molecule has 1 nitrogen and oxygen atoms in total. The molecular weight excluding hydrogens is 269 g/mol. The summed E-state index contributed by atoms with van der Waals surface area (Å²) < 4.78 is 2.53. The highest BCUT2D eigenvalue weighted by Crippen LogP contribution is 2.22. The lowest BCUT2D eigenvalue weighted by Gasteiger charge is -1.87. The fraction of sp³-hybridized carbons (Fsp3) is 0.125. The maximum atomic E-state index is 4.39. The molecule has 56 valence electrons. The number of nitrogens with zero attached hydrogens (tertiary/aromatic N) is 1. The van der Waals surface area contributed by atoms with Gasteiger partial charge in [-0.05, 0) is 47.7 Å². The van der Waals surface area contributed by atoms with Gasteiger partial charge in [0.05, 0.1) is 15.2 Å². The summed E-state index contributed by atoms with van der Waals surface area (Å²) in [6.07, 6.45) is 0. The molecule has 1 aromatic carbocycles. The third-order valence-electron chi connectivity index (χ3n) is 1.46. The lowest BCUT2D eigenvalue weighted by molar-refractivity contribution is 1.34. The number of aromatic nitrogens is 1. The summed E-state index contributed by atoms with van der Waals surface area (Å²) in [7, 11) is 0. The first-order valence-corrected chi connectivity index (χ1v) is 5.18. The van der Waals surface area contributed by atoms with Crippen molar-refractivity contribution in [2.24, 2.45) is 0 Å². The normalized spacial score (nSPS) is 10.7. The third-order valence-corrected chi connectivity index (χ3v) is 3.08. The number of rotatable bonds is 0. The predicted octanol–water partition coefficient (Wildman–Crippen LogP) is 3.21. The molecule has 0 aliphatic rings. The number of fused-ring (bicyclic) bond motifs is 1. The predicted molar refractivity (Wildman–Crippen MR) is 57.1 cm³/mol. The Balaban J connectivity index is 2.82. The summed E-state index contributed by atoms with van der Waals surface area (Å²) in [6, 6.07) is 6.35. The first-order valence-electron chi connectivity index (χ1n) is 3.28. The van der Waals surface area contributed by atoms with Crippen LogP contribution in [0.25, 0.3) is 10.2 Å². The van der Waals surface area contributed by atoms with E-state index in [0.717, 1.165) is 10.5 Å². The molecule has 2 aromatic rings. The van der Waals surface area contributed by atoms with Crippen LogP contribution in [0.1, 0.15) is 5.01 Å². The van der Waals surface area contributed by atoms with Crippen molar-refractivity contribution in [3.05, 3.63) is 26.8 Å². The van der Waals surface area contributed by atoms with Crippen molar-refractivity contribution < 1.29 is 0 Å². The fourth-order valence-corrected chi connectivity index (χ4v) is 2.30. The second kappa shape index (κ2) is 2.71. The molecule has 0 fully saturated rings. The standard InChI is InChI=1S/C8H6INS/c1-5-10-7-4-6(9)2-3-8(7)11-5/h2-4H,1H3. The topological polar surface area (TPSA) is 12.9 Å². The number of thiazole rings is 1. The van der Waals surface area contributed by atoms with Gasteiger partial charge in [0.2, 0.25) is 0 Å². The molecule has 0 saturated heterocycles. The average Bonchev–Trinajstić information content (AvgIpc) is 2.27. The van der Waals surface area contributed by atoms with Gasteiger partial charge in [0.1, 0.15) is 0 Å². The molecule has 1 heterocycles. The minimum atomic E-state index is 1.12. The van der Waals surface area contributed by atoms with Gasteiger partial charge >= 0.3 is 0 Å². The third kappa shape index (κ3) is 1.39. The second-order valence-electron chi connectivity index (χ2n) is 2.34. The van der Waals surface area contributed by atoms with Crippen LogP contribution < -0.4 is 0 Å². The highest BCUT2D eigenvalue weighted by Gasteiger charge is 1.98. The van der Waals surface area contributed by atoms with Crippen LogP contribution in [0.5, 0.6) is 0 Å². The molecule has 0 spiro atoms. The van der Waals surface area contributed by atoms with Gasteiger partial charge < -0.3 is 0 Å². The molecule has 0 aliphatic heterocycles. The van der Waals surface area contributed by atoms with Gasteiger partial charge in [-0.1, -0.05) is 0 Å². The number of hydrogen-bond acceptors (Lipinski definition) is 2. The van der Waals surface area contributed by atoms with Crippen molar-refractivity contribution >= 4 is 44.1 Å². The highest BCUT2D eigenvalue weighted by atomic mass is 127. The van der Waals surface area contributed by atoms with Gasteiger partial charge in [0, 0.05) is 3.57 Å². The Kier molecular flexibility index (Phi) is 1.85. The zero-order chi connectivity index (χ0) is 7.84. The lowest BCUT2D eigenvalue weighted by Crippen LogP contribution is -1.70. The van der Waals surface area contributed by atoms with E-state index in [4.69, 9.17) is 0 Å². The van der Waals surface area contributed by atoms with Crippen LogP contribution >= 0.6 is 33.9 Å². The molecule has 0 amide bonds. The van der Waals surface area contributed by atoms with Crippen molar-refractivity contribution in [2.75, 3.05) is 0 Å². The average molecular weight is 275 g/mol. The van der Waals surface area contributed by atoms with E-state index in [1.807, 2.05) is 6.92 Å². The van der Waals surface area contributed by atoms with Crippen LogP contribution in [-0.2, 0) is 0 Å². The van der Waals surface area contributed by atoms with E-state index >= 15 is 0 Å². The Labute approximate surface area is 82.6 Å². The Hall–Kier alpha value is -0.160. The monoisotopic (exact) mass is 275 g/mol. The maximum absolute atomic E-state index is 4.39. The molecule has 0 saturated carbocycles. The molecule has 0 aliphatic carbocycles. The number of benzene rings is 1. The van der Waals surface area contributed by atoms with E-state index in [9.17, 15) is 0 Å². The largest absolute Gasteiger partial charge is 0.241 e. The van der Waals surface area contributed by atoms with Gasteiger partial charge in [-0.3, -0.25) is 0 Å². The van der Waals surface area contributed by atoms with Gasteiger partial charge in [-0.15, -0.1) is 11.3 Å². The van der Waals surface area contributed by atoms with E-state index < -0.39 is 0 Å². The first kappa shape index (κ1) is 7.49. The summed E-state index contributed by atoms with van der Waals surface area (Å²) >= 11 is 4.05. The maximum Gasteiger partial charge on any atom is 0.0907 e. The lowest BCUT2D eigenvalue weighted by atomic mass is 10.3. The molecule has 0 bridgehead atoms. The van der Waals surface area contributed by atoms with E-state index in [-0.39, 0.29) is 0 Å². The smallest absolute Gasteiger partial charge is 0.0907 e. The van der Waals surface area contributed by atoms with Gasteiger partial charge in [0.15, 0.2) is 0 Å². The van der Waals surface area contributed by atoms with E-state index in [1.54, 1.807) is 11.3 Å². The number of aryl methyl sites for hydroxylation is 1. The Morgan fingerprint density at radius 1 is 1.45 bits per heavy atom. The molecule has 3 heteroatoms. The molecule has 0 atom stereocenters. The highest BCUT2D eigenvalue weighted by molar-refractivity contribution is 14.1. The van der Waals surface area contributed by atoms with Crippen LogP contribution in [-0.4, -0.2) is 4.98 Å². The minimum absolute atomic E-state index is 1.12. The summed E-state index contributed by atoms with van der Waals surface area (Å²) in [5.74, 6) is 0. The number of hydrogen-bond donors (Lipinski definition) is 0. The van der Waals surface area contributed by atoms with Crippen LogP contribution in [0.3, 0.4) is 0 Å². The summed E-state index contributed by atoms with van der Waals surface area (Å²) in [5, 5.41) is 1.14. The minimum Gasteiger partial charge on any atom is -0.241 e. The van der Waals surface area contributed by atoms with Crippen molar-refractivity contribution in [2.45, 2.75) is 6.92 Å². The summed E-state index contributed by atoms with van der Waals surface area (Å²) in [5.41, 5.74) is 1.12.